The lowest BCUT2D eigenvalue weighted by Crippen LogP contribution is -2.44. The second-order valence-electron chi connectivity index (χ2n) is 4.57. The number of nitrogens with zero attached hydrogens (tertiary/aromatic N) is 1. The molecule has 4 heteroatoms. The lowest BCUT2D eigenvalue weighted by Gasteiger charge is -2.29. The Morgan fingerprint density at radius 2 is 1.94 bits per heavy atom. The molecule has 100 valence electrons. The fraction of sp³-hybridized carbons (Fsp3) is 0.571. The van der Waals surface area contributed by atoms with Crippen molar-refractivity contribution in [1.82, 2.24) is 10.2 Å². The van der Waals surface area contributed by atoms with Gasteiger partial charge >= 0.3 is 0 Å². The molecule has 1 fully saturated rings. The van der Waals surface area contributed by atoms with Crippen molar-refractivity contribution in [2.75, 3.05) is 39.3 Å². The van der Waals surface area contributed by atoms with Gasteiger partial charge in [-0.05, 0) is 24.6 Å². The summed E-state index contributed by atoms with van der Waals surface area (Å²) in [7, 11) is 0. The lowest BCUT2D eigenvalue weighted by atomic mass is 10.1. The number of hydrogen-bond acceptors (Lipinski definition) is 4. The molecule has 1 aromatic carbocycles. The Balaban J connectivity index is 1.89. The van der Waals surface area contributed by atoms with E-state index in [2.05, 4.69) is 10.2 Å². The van der Waals surface area contributed by atoms with Crippen LogP contribution in [0.25, 0.3) is 0 Å². The standard InChI is InChI=1S/C14H22N2O2/c1-2-18-13-5-3-12(4-6-13)14(17)11-16-9-7-15-8-10-16/h3-6,14-15,17H,2,7-11H2,1H3. The molecule has 0 radical (unpaired) electrons. The zero-order valence-electron chi connectivity index (χ0n) is 10.9. The second kappa shape index (κ2) is 6.73. The minimum atomic E-state index is -0.418. The van der Waals surface area contributed by atoms with Crippen LogP contribution < -0.4 is 10.1 Å². The zero-order valence-corrected chi connectivity index (χ0v) is 10.9. The van der Waals surface area contributed by atoms with Gasteiger partial charge in [0.25, 0.3) is 0 Å². The van der Waals surface area contributed by atoms with Crippen molar-refractivity contribution in [3.63, 3.8) is 0 Å². The molecule has 0 saturated carbocycles. The number of hydrogen-bond donors (Lipinski definition) is 2. The summed E-state index contributed by atoms with van der Waals surface area (Å²) < 4.78 is 5.39. The smallest absolute Gasteiger partial charge is 0.119 e. The Kier molecular flexibility index (Phi) is 4.99. The molecule has 1 saturated heterocycles. The predicted molar refractivity (Wildman–Crippen MR) is 71.9 cm³/mol. The first-order valence-corrected chi connectivity index (χ1v) is 6.63. The maximum atomic E-state index is 10.2. The molecule has 18 heavy (non-hydrogen) atoms. The predicted octanol–water partition coefficient (Wildman–Crippen LogP) is 1.02. The summed E-state index contributed by atoms with van der Waals surface area (Å²) >= 11 is 0. The van der Waals surface area contributed by atoms with E-state index in [9.17, 15) is 5.11 Å². The third-order valence-corrected chi connectivity index (χ3v) is 3.22. The molecule has 0 aliphatic carbocycles. The third kappa shape index (κ3) is 3.70. The van der Waals surface area contributed by atoms with Crippen LogP contribution in [-0.2, 0) is 0 Å². The van der Waals surface area contributed by atoms with Gasteiger partial charge in [-0.2, -0.15) is 0 Å². The quantitative estimate of drug-likeness (QED) is 0.819. The summed E-state index contributed by atoms with van der Waals surface area (Å²) in [5, 5.41) is 13.5. The van der Waals surface area contributed by atoms with Crippen molar-refractivity contribution >= 4 is 0 Å². The van der Waals surface area contributed by atoms with Gasteiger partial charge in [0.2, 0.25) is 0 Å². The molecular formula is C14H22N2O2. The molecule has 1 heterocycles. The van der Waals surface area contributed by atoms with E-state index < -0.39 is 6.10 Å². The maximum absolute atomic E-state index is 10.2. The van der Waals surface area contributed by atoms with Crippen molar-refractivity contribution in [3.8, 4) is 5.75 Å². The van der Waals surface area contributed by atoms with E-state index in [0.29, 0.717) is 13.2 Å². The Hall–Kier alpha value is -1.10. The molecule has 4 nitrogen and oxygen atoms in total. The summed E-state index contributed by atoms with van der Waals surface area (Å²) in [6.07, 6.45) is -0.418. The van der Waals surface area contributed by atoms with Gasteiger partial charge in [-0.3, -0.25) is 4.90 Å². The summed E-state index contributed by atoms with van der Waals surface area (Å²) in [6.45, 7) is 7.37. The number of aliphatic hydroxyl groups excluding tert-OH is 1. The van der Waals surface area contributed by atoms with Crippen LogP contribution in [0.4, 0.5) is 0 Å². The molecule has 2 N–H and O–H groups in total. The van der Waals surface area contributed by atoms with Crippen molar-refractivity contribution in [3.05, 3.63) is 29.8 Å². The van der Waals surface area contributed by atoms with Crippen LogP contribution in [0.2, 0.25) is 0 Å². The summed E-state index contributed by atoms with van der Waals surface area (Å²) in [5.41, 5.74) is 0.956. The minimum absolute atomic E-state index is 0.418. The largest absolute Gasteiger partial charge is 0.494 e. The molecule has 1 aliphatic heterocycles. The minimum Gasteiger partial charge on any atom is -0.494 e. The van der Waals surface area contributed by atoms with E-state index in [-0.39, 0.29) is 0 Å². The van der Waals surface area contributed by atoms with Crippen molar-refractivity contribution < 1.29 is 9.84 Å². The van der Waals surface area contributed by atoms with Crippen molar-refractivity contribution in [1.29, 1.82) is 0 Å². The van der Waals surface area contributed by atoms with Crippen LogP contribution >= 0.6 is 0 Å². The molecule has 0 spiro atoms. The van der Waals surface area contributed by atoms with Gasteiger partial charge in [-0.15, -0.1) is 0 Å². The summed E-state index contributed by atoms with van der Waals surface area (Å²) in [4.78, 5) is 2.29. The van der Waals surface area contributed by atoms with E-state index in [4.69, 9.17) is 4.74 Å². The van der Waals surface area contributed by atoms with Gasteiger partial charge in [-0.25, -0.2) is 0 Å². The number of ether oxygens (including phenoxy) is 1. The number of nitrogens with one attached hydrogen (secondary N) is 1. The van der Waals surface area contributed by atoms with Crippen LogP contribution in [0, 0.1) is 0 Å². The van der Waals surface area contributed by atoms with E-state index in [1.165, 1.54) is 0 Å². The van der Waals surface area contributed by atoms with E-state index >= 15 is 0 Å². The Labute approximate surface area is 109 Å². The van der Waals surface area contributed by atoms with Crippen LogP contribution in [0.3, 0.4) is 0 Å². The molecule has 1 unspecified atom stereocenters. The van der Waals surface area contributed by atoms with E-state index in [0.717, 1.165) is 37.5 Å². The lowest BCUT2D eigenvalue weighted by molar-refractivity contribution is 0.105. The normalized spacial score (nSPS) is 18.6. The van der Waals surface area contributed by atoms with Gasteiger partial charge < -0.3 is 15.2 Å². The fourth-order valence-electron chi connectivity index (χ4n) is 2.20. The van der Waals surface area contributed by atoms with E-state index in [1.54, 1.807) is 0 Å². The molecule has 0 amide bonds. The van der Waals surface area contributed by atoms with Crippen LogP contribution in [0.15, 0.2) is 24.3 Å². The van der Waals surface area contributed by atoms with Gasteiger partial charge in [0, 0.05) is 32.7 Å². The number of aliphatic hydroxyl groups is 1. The first kappa shape index (κ1) is 13.3. The number of rotatable bonds is 5. The molecule has 1 aromatic rings. The molecule has 1 aliphatic rings. The van der Waals surface area contributed by atoms with E-state index in [1.807, 2.05) is 31.2 Å². The SMILES string of the molecule is CCOc1ccc(C(O)CN2CCNCC2)cc1. The Morgan fingerprint density at radius 3 is 2.56 bits per heavy atom. The summed E-state index contributed by atoms with van der Waals surface area (Å²) in [5.74, 6) is 0.857. The average Bonchev–Trinajstić information content (AvgIpc) is 2.41. The first-order valence-electron chi connectivity index (χ1n) is 6.63. The highest BCUT2D eigenvalue weighted by atomic mass is 16.5. The molecule has 2 rings (SSSR count). The molecular weight excluding hydrogens is 228 g/mol. The van der Waals surface area contributed by atoms with Gasteiger partial charge in [0.15, 0.2) is 0 Å². The number of benzene rings is 1. The summed E-state index contributed by atoms with van der Waals surface area (Å²) in [6, 6.07) is 7.72. The van der Waals surface area contributed by atoms with Gasteiger partial charge in [0.1, 0.15) is 5.75 Å². The zero-order chi connectivity index (χ0) is 12.8. The highest BCUT2D eigenvalue weighted by molar-refractivity contribution is 5.28. The van der Waals surface area contributed by atoms with Crippen molar-refractivity contribution in [2.24, 2.45) is 0 Å². The maximum Gasteiger partial charge on any atom is 0.119 e. The molecule has 0 bridgehead atoms. The Morgan fingerprint density at radius 1 is 1.28 bits per heavy atom. The Bertz CT molecular complexity index is 347. The fourth-order valence-corrected chi connectivity index (χ4v) is 2.20. The van der Waals surface area contributed by atoms with Gasteiger partial charge in [-0.1, -0.05) is 12.1 Å². The monoisotopic (exact) mass is 250 g/mol. The topological polar surface area (TPSA) is 44.7 Å². The first-order chi connectivity index (χ1) is 8.79. The number of piperazine rings is 1. The number of β-amino-alcohol motifs (C(OH)–C–C–N with tert-alkyl or cyclic N) is 1. The average molecular weight is 250 g/mol. The van der Waals surface area contributed by atoms with Crippen molar-refractivity contribution in [2.45, 2.75) is 13.0 Å². The second-order valence-corrected chi connectivity index (χ2v) is 4.57. The molecule has 0 aromatic heterocycles. The highest BCUT2D eigenvalue weighted by Crippen LogP contribution is 2.18. The van der Waals surface area contributed by atoms with Crippen LogP contribution in [-0.4, -0.2) is 49.3 Å². The van der Waals surface area contributed by atoms with Gasteiger partial charge in [0.05, 0.1) is 12.7 Å². The van der Waals surface area contributed by atoms with Crippen LogP contribution in [0.5, 0.6) is 5.75 Å². The molecule has 1 atom stereocenters. The third-order valence-electron chi connectivity index (χ3n) is 3.22. The highest BCUT2D eigenvalue weighted by Gasteiger charge is 2.15. The van der Waals surface area contributed by atoms with Crippen LogP contribution in [0.1, 0.15) is 18.6 Å².